The van der Waals surface area contributed by atoms with Crippen LogP contribution in [0.5, 0.6) is 0 Å². The molecule has 0 saturated heterocycles. The van der Waals surface area contributed by atoms with Gasteiger partial charge in [-0.2, -0.15) is 17.6 Å². The second-order valence-electron chi connectivity index (χ2n) is 2.52. The van der Waals surface area contributed by atoms with E-state index in [0.717, 1.165) is 6.08 Å². The first-order valence-electron chi connectivity index (χ1n) is 3.58. The van der Waals surface area contributed by atoms with Gasteiger partial charge in [-0.25, -0.2) is 4.79 Å². The number of halogens is 4. The lowest BCUT2D eigenvalue weighted by atomic mass is 10.2. The Morgan fingerprint density at radius 1 is 1.47 bits per heavy atom. The Morgan fingerprint density at radius 2 is 1.93 bits per heavy atom. The fourth-order valence-corrected chi connectivity index (χ4v) is 0.597. The number of hydrogen-bond donors (Lipinski definition) is 2. The summed E-state index contributed by atoms with van der Waals surface area (Å²) < 4.78 is 51.9. The molecule has 1 atom stereocenters. The van der Waals surface area contributed by atoms with Crippen molar-refractivity contribution in [2.24, 2.45) is 5.73 Å². The van der Waals surface area contributed by atoms with Crippen LogP contribution in [0, 0.1) is 5.41 Å². The molecule has 3 N–H and O–H groups in total. The number of amidine groups is 1. The second-order valence-corrected chi connectivity index (χ2v) is 2.52. The maximum absolute atomic E-state index is 13.3. The molecule has 0 radical (unpaired) electrons. The van der Waals surface area contributed by atoms with Gasteiger partial charge >= 0.3 is 18.0 Å². The van der Waals surface area contributed by atoms with E-state index in [0.29, 0.717) is 0 Å². The van der Waals surface area contributed by atoms with Crippen LogP contribution in [-0.2, 0) is 9.53 Å². The average molecular weight is 228 g/mol. The number of nitrogens with one attached hydrogen (secondary N) is 1. The minimum Gasteiger partial charge on any atom is -0.414 e. The highest BCUT2D eigenvalue weighted by Crippen LogP contribution is 2.25. The summed E-state index contributed by atoms with van der Waals surface area (Å²) in [4.78, 5) is 10.3. The van der Waals surface area contributed by atoms with Gasteiger partial charge in [-0.05, 0) is 0 Å². The molecule has 15 heavy (non-hydrogen) atoms. The van der Waals surface area contributed by atoms with Gasteiger partial charge in [0.2, 0.25) is 0 Å². The molecule has 0 fully saturated rings. The Hall–Kier alpha value is -1.60. The van der Waals surface area contributed by atoms with E-state index in [-0.39, 0.29) is 0 Å². The standard InChI is InChI=1S/C7H8F4N2O2/c1-2-3-6(8,4(12)13)15-5(14)7(9,10)11/h2H,1,3H2,(H3,12,13). The van der Waals surface area contributed by atoms with Crippen LogP contribution in [-0.4, -0.2) is 23.8 Å². The number of esters is 1. The molecule has 0 aliphatic rings. The van der Waals surface area contributed by atoms with Crippen molar-refractivity contribution in [3.63, 3.8) is 0 Å². The highest BCUT2D eigenvalue weighted by atomic mass is 19.4. The second kappa shape index (κ2) is 4.28. The van der Waals surface area contributed by atoms with Crippen LogP contribution in [0.2, 0.25) is 0 Å². The first-order chi connectivity index (χ1) is 6.63. The summed E-state index contributed by atoms with van der Waals surface area (Å²) in [7, 11) is 0. The van der Waals surface area contributed by atoms with Crippen molar-refractivity contribution >= 4 is 11.8 Å². The number of hydrogen-bond acceptors (Lipinski definition) is 3. The van der Waals surface area contributed by atoms with Crippen molar-refractivity contribution in [2.75, 3.05) is 0 Å². The number of carbonyl (C=O) groups excluding carboxylic acids is 1. The molecule has 0 saturated carbocycles. The highest BCUT2D eigenvalue weighted by molar-refractivity contribution is 5.88. The Morgan fingerprint density at radius 3 is 2.20 bits per heavy atom. The van der Waals surface area contributed by atoms with Gasteiger partial charge in [0, 0.05) is 6.42 Å². The van der Waals surface area contributed by atoms with Crippen LogP contribution >= 0.6 is 0 Å². The van der Waals surface area contributed by atoms with Gasteiger partial charge in [0.15, 0.2) is 5.84 Å². The third kappa shape index (κ3) is 3.56. The number of carbonyl (C=O) groups is 1. The monoisotopic (exact) mass is 228 g/mol. The molecule has 1 unspecified atom stereocenters. The zero-order valence-corrected chi connectivity index (χ0v) is 7.40. The normalized spacial score (nSPS) is 15.2. The number of nitrogens with two attached hydrogens (primary N) is 1. The lowest BCUT2D eigenvalue weighted by Crippen LogP contribution is -2.45. The van der Waals surface area contributed by atoms with Crippen LogP contribution < -0.4 is 5.73 Å². The summed E-state index contributed by atoms with van der Waals surface area (Å²) in [5, 5.41) is 6.66. The van der Waals surface area contributed by atoms with Crippen molar-refractivity contribution in [1.29, 1.82) is 5.41 Å². The number of rotatable bonds is 4. The molecule has 0 amide bonds. The number of ether oxygens (including phenoxy) is 1. The Labute approximate surface area is 82.2 Å². The molecule has 8 heteroatoms. The van der Waals surface area contributed by atoms with Crippen LogP contribution in [0.4, 0.5) is 17.6 Å². The van der Waals surface area contributed by atoms with Gasteiger partial charge in [0.1, 0.15) is 0 Å². The summed E-state index contributed by atoms with van der Waals surface area (Å²) in [6.07, 6.45) is -5.33. The Bertz CT molecular complexity index is 289. The molecule has 0 heterocycles. The van der Waals surface area contributed by atoms with Gasteiger partial charge < -0.3 is 10.5 Å². The molecule has 86 valence electrons. The number of alkyl halides is 4. The van der Waals surface area contributed by atoms with Gasteiger partial charge in [-0.3, -0.25) is 5.41 Å². The summed E-state index contributed by atoms with van der Waals surface area (Å²) >= 11 is 0. The van der Waals surface area contributed by atoms with E-state index in [1.807, 2.05) is 0 Å². The van der Waals surface area contributed by atoms with Crippen LogP contribution in [0.1, 0.15) is 6.42 Å². The maximum atomic E-state index is 13.3. The quantitative estimate of drug-likeness (QED) is 0.250. The fourth-order valence-electron chi connectivity index (χ4n) is 0.597. The molecule has 0 bridgehead atoms. The van der Waals surface area contributed by atoms with E-state index < -0.39 is 30.3 Å². The lowest BCUT2D eigenvalue weighted by Gasteiger charge is -2.22. The average Bonchev–Trinajstić information content (AvgIpc) is 2.02. The van der Waals surface area contributed by atoms with Gasteiger partial charge in [-0.15, -0.1) is 6.58 Å². The summed E-state index contributed by atoms with van der Waals surface area (Å²) in [6.45, 7) is 3.03. The van der Waals surface area contributed by atoms with Crippen molar-refractivity contribution in [3.05, 3.63) is 12.7 Å². The minimum atomic E-state index is -5.34. The molecule has 0 aliphatic carbocycles. The van der Waals surface area contributed by atoms with Gasteiger partial charge in [0.05, 0.1) is 0 Å². The van der Waals surface area contributed by atoms with E-state index in [1.165, 1.54) is 0 Å². The molecular weight excluding hydrogens is 220 g/mol. The predicted molar refractivity (Wildman–Crippen MR) is 42.7 cm³/mol. The largest absolute Gasteiger partial charge is 0.491 e. The first kappa shape index (κ1) is 13.4. The zero-order chi connectivity index (χ0) is 12.3. The van der Waals surface area contributed by atoms with E-state index in [2.05, 4.69) is 17.0 Å². The molecular formula is C7H8F4N2O2. The van der Waals surface area contributed by atoms with E-state index in [9.17, 15) is 22.4 Å². The molecule has 0 spiro atoms. The third-order valence-electron chi connectivity index (χ3n) is 1.30. The smallest absolute Gasteiger partial charge is 0.414 e. The van der Waals surface area contributed by atoms with Crippen molar-refractivity contribution < 1.29 is 27.1 Å². The van der Waals surface area contributed by atoms with E-state index in [4.69, 9.17) is 5.41 Å². The van der Waals surface area contributed by atoms with Gasteiger partial charge in [0.25, 0.3) is 0 Å². The summed E-state index contributed by atoms with van der Waals surface area (Å²) in [5.41, 5.74) is 4.66. The van der Waals surface area contributed by atoms with Crippen molar-refractivity contribution in [1.82, 2.24) is 0 Å². The summed E-state index contributed by atoms with van der Waals surface area (Å²) in [5.74, 6) is -7.38. The predicted octanol–water partition coefficient (Wildman–Crippen LogP) is 1.27. The minimum absolute atomic E-state index is 0.829. The molecule has 0 aromatic heterocycles. The van der Waals surface area contributed by atoms with E-state index >= 15 is 0 Å². The van der Waals surface area contributed by atoms with Crippen molar-refractivity contribution in [2.45, 2.75) is 18.5 Å². The van der Waals surface area contributed by atoms with Crippen LogP contribution in [0.15, 0.2) is 12.7 Å². The fraction of sp³-hybridized carbons (Fsp3) is 0.429. The van der Waals surface area contributed by atoms with Crippen molar-refractivity contribution in [3.8, 4) is 0 Å². The third-order valence-corrected chi connectivity index (χ3v) is 1.30. The van der Waals surface area contributed by atoms with E-state index in [1.54, 1.807) is 0 Å². The first-order valence-corrected chi connectivity index (χ1v) is 3.58. The van der Waals surface area contributed by atoms with Gasteiger partial charge in [-0.1, -0.05) is 6.08 Å². The highest BCUT2D eigenvalue weighted by Gasteiger charge is 2.48. The maximum Gasteiger partial charge on any atom is 0.491 e. The summed E-state index contributed by atoms with van der Waals surface area (Å²) in [6, 6.07) is 0. The molecule has 4 nitrogen and oxygen atoms in total. The lowest BCUT2D eigenvalue weighted by molar-refractivity contribution is -0.219. The molecule has 0 aromatic rings. The molecule has 0 aliphatic heterocycles. The Balaban J connectivity index is 4.78. The SMILES string of the molecule is C=CCC(F)(OC(=O)C(F)(F)F)C(=N)N. The zero-order valence-electron chi connectivity index (χ0n) is 7.40. The van der Waals surface area contributed by atoms with Crippen LogP contribution in [0.25, 0.3) is 0 Å². The molecule has 0 aromatic carbocycles. The topological polar surface area (TPSA) is 76.2 Å². The Kier molecular flexibility index (Phi) is 3.83. The molecule has 0 rings (SSSR count). The van der Waals surface area contributed by atoms with Crippen LogP contribution in [0.3, 0.4) is 0 Å².